The van der Waals surface area contributed by atoms with Crippen LogP contribution in [0.3, 0.4) is 0 Å². The van der Waals surface area contributed by atoms with Crippen molar-refractivity contribution in [2.45, 2.75) is 69.0 Å². The first-order valence-electron chi connectivity index (χ1n) is 8.12. The molecule has 0 saturated heterocycles. The first-order valence-corrected chi connectivity index (χ1v) is 13.1. The lowest BCUT2D eigenvalue weighted by Gasteiger charge is -2.35. The maximum Gasteiger partial charge on any atom is 0.184 e. The van der Waals surface area contributed by atoms with E-state index in [-0.39, 0.29) is 0 Å². The molecule has 2 rings (SSSR count). The highest BCUT2D eigenvalue weighted by molar-refractivity contribution is 7.92. The summed E-state index contributed by atoms with van der Waals surface area (Å²) in [5.41, 5.74) is 1.87. The van der Waals surface area contributed by atoms with Crippen molar-refractivity contribution < 1.29 is 12.8 Å². The summed E-state index contributed by atoms with van der Waals surface area (Å²) >= 11 is 0. The summed E-state index contributed by atoms with van der Waals surface area (Å²) < 4.78 is 32.4. The van der Waals surface area contributed by atoms with Crippen LogP contribution in [0.2, 0.25) is 19.6 Å². The Morgan fingerprint density at radius 1 is 1.17 bits per heavy atom. The summed E-state index contributed by atoms with van der Waals surface area (Å²) in [7, 11) is -5.11. The largest absolute Gasteiger partial charge is 0.409 e. The lowest BCUT2D eigenvalue weighted by Crippen LogP contribution is -2.40. The number of hydrogen-bond acceptors (Lipinski definition) is 3. The van der Waals surface area contributed by atoms with Crippen molar-refractivity contribution in [2.24, 2.45) is 0 Å². The van der Waals surface area contributed by atoms with Crippen LogP contribution < -0.4 is 0 Å². The van der Waals surface area contributed by atoms with E-state index >= 15 is 0 Å². The van der Waals surface area contributed by atoms with Gasteiger partial charge in [-0.15, -0.1) is 0 Å². The maximum absolute atomic E-state index is 13.0. The van der Waals surface area contributed by atoms with Crippen LogP contribution in [0, 0.1) is 0 Å². The second-order valence-electron chi connectivity index (χ2n) is 7.81. The van der Waals surface area contributed by atoms with E-state index in [1.807, 2.05) is 6.07 Å². The lowest BCUT2D eigenvalue weighted by molar-refractivity contribution is 0.126. The van der Waals surface area contributed by atoms with Crippen LogP contribution in [0.4, 0.5) is 0 Å². The Hall–Kier alpha value is -0.913. The van der Waals surface area contributed by atoms with E-state index < -0.39 is 29.0 Å². The third-order valence-electron chi connectivity index (χ3n) is 4.33. The quantitative estimate of drug-likeness (QED) is 0.589. The molecule has 23 heavy (non-hydrogen) atoms. The van der Waals surface area contributed by atoms with Gasteiger partial charge in [0.1, 0.15) is 0 Å². The zero-order chi connectivity index (χ0) is 17.5. The Morgan fingerprint density at radius 2 is 1.74 bits per heavy atom. The van der Waals surface area contributed by atoms with E-state index in [4.69, 9.17) is 4.43 Å². The van der Waals surface area contributed by atoms with Crippen molar-refractivity contribution in [3.63, 3.8) is 0 Å². The molecule has 2 unspecified atom stereocenters. The fourth-order valence-corrected chi connectivity index (χ4v) is 7.01. The molecule has 1 aromatic carbocycles. The Bertz CT molecular complexity index is 698. The molecule has 0 N–H and O–H groups in total. The predicted molar refractivity (Wildman–Crippen MR) is 97.9 cm³/mol. The van der Waals surface area contributed by atoms with Crippen molar-refractivity contribution in [1.82, 2.24) is 0 Å². The van der Waals surface area contributed by atoms with E-state index in [1.165, 1.54) is 5.57 Å². The second-order valence-corrected chi connectivity index (χ2v) is 14.5. The van der Waals surface area contributed by atoms with Gasteiger partial charge in [-0.25, -0.2) is 8.42 Å². The van der Waals surface area contributed by atoms with Crippen molar-refractivity contribution >= 4 is 18.2 Å². The van der Waals surface area contributed by atoms with Gasteiger partial charge in [-0.3, -0.25) is 0 Å². The number of hydrogen-bond donors (Lipinski definition) is 0. The molecule has 0 bridgehead atoms. The zero-order valence-electron chi connectivity index (χ0n) is 15.0. The summed E-state index contributed by atoms with van der Waals surface area (Å²) in [6, 6.07) is 8.77. The minimum absolute atomic E-state index is 0.406. The molecule has 1 saturated carbocycles. The number of benzene rings is 1. The van der Waals surface area contributed by atoms with Gasteiger partial charge in [0.05, 0.1) is 15.7 Å². The molecule has 1 aromatic rings. The van der Waals surface area contributed by atoms with Gasteiger partial charge in [-0.1, -0.05) is 23.8 Å². The minimum atomic E-state index is -3.33. The molecule has 128 valence electrons. The van der Waals surface area contributed by atoms with E-state index in [0.29, 0.717) is 17.7 Å². The first kappa shape index (κ1) is 18.4. The van der Waals surface area contributed by atoms with Crippen molar-refractivity contribution in [2.75, 3.05) is 0 Å². The van der Waals surface area contributed by atoms with Crippen LogP contribution in [0.25, 0.3) is 0 Å². The molecule has 0 aromatic heterocycles. The highest BCUT2D eigenvalue weighted by atomic mass is 32.2. The number of sulfone groups is 1. The van der Waals surface area contributed by atoms with E-state index in [9.17, 15) is 8.42 Å². The first-order chi connectivity index (χ1) is 10.5. The summed E-state index contributed by atoms with van der Waals surface area (Å²) in [5.74, 6) is 0. The average molecular weight is 353 g/mol. The molecule has 0 heterocycles. The molecule has 5 heteroatoms. The van der Waals surface area contributed by atoms with Gasteiger partial charge in [0.2, 0.25) is 0 Å². The minimum Gasteiger partial charge on any atom is -0.409 e. The van der Waals surface area contributed by atoms with Gasteiger partial charge in [0.25, 0.3) is 0 Å². The number of rotatable bonds is 4. The molecule has 1 aliphatic carbocycles. The van der Waals surface area contributed by atoms with Crippen LogP contribution in [-0.2, 0) is 14.3 Å². The Labute approximate surface area is 141 Å². The van der Waals surface area contributed by atoms with Gasteiger partial charge in [-0.05, 0) is 71.0 Å². The smallest absolute Gasteiger partial charge is 0.184 e. The van der Waals surface area contributed by atoms with Gasteiger partial charge < -0.3 is 4.43 Å². The Balaban J connectivity index is 2.41. The third kappa shape index (κ3) is 3.95. The topological polar surface area (TPSA) is 43.4 Å². The van der Waals surface area contributed by atoms with E-state index in [1.54, 1.807) is 24.3 Å². The maximum atomic E-state index is 13.0. The van der Waals surface area contributed by atoms with Crippen LogP contribution in [0.5, 0.6) is 0 Å². The Kier molecular flexibility index (Phi) is 4.96. The molecule has 1 fully saturated rings. The molecule has 0 radical (unpaired) electrons. The third-order valence-corrected chi connectivity index (χ3v) is 7.54. The molecular formula is C18H28O3SSi. The lowest BCUT2D eigenvalue weighted by atomic mass is 9.96. The van der Waals surface area contributed by atoms with E-state index in [2.05, 4.69) is 40.4 Å². The monoisotopic (exact) mass is 352 g/mol. The molecule has 3 nitrogen and oxygen atoms in total. The van der Waals surface area contributed by atoms with Gasteiger partial charge in [-0.2, -0.15) is 0 Å². The SMILES string of the molecule is CC(C)=C1CC(S(=O)(=O)c2ccccc2)CC1(C)O[Si](C)(C)C. The zero-order valence-corrected chi connectivity index (χ0v) is 16.8. The van der Waals surface area contributed by atoms with Crippen molar-refractivity contribution in [3.05, 3.63) is 41.5 Å². The van der Waals surface area contributed by atoms with Gasteiger partial charge in [0.15, 0.2) is 18.2 Å². The van der Waals surface area contributed by atoms with Gasteiger partial charge in [0, 0.05) is 0 Å². The summed E-state index contributed by atoms with van der Waals surface area (Å²) in [5, 5.41) is -0.406. The highest BCUT2D eigenvalue weighted by Crippen LogP contribution is 2.45. The molecule has 0 aliphatic heterocycles. The van der Waals surface area contributed by atoms with Gasteiger partial charge >= 0.3 is 0 Å². The van der Waals surface area contributed by atoms with Crippen LogP contribution in [0.1, 0.15) is 33.6 Å². The van der Waals surface area contributed by atoms with Crippen LogP contribution >= 0.6 is 0 Å². The number of allylic oxidation sites excluding steroid dienone is 1. The summed E-state index contributed by atoms with van der Waals surface area (Å²) in [4.78, 5) is 0.412. The molecule has 1 aliphatic rings. The normalized spacial score (nSPS) is 25.7. The van der Waals surface area contributed by atoms with E-state index in [0.717, 1.165) is 5.57 Å². The predicted octanol–water partition coefficient (Wildman–Crippen LogP) is 4.57. The molecule has 2 atom stereocenters. The second kappa shape index (κ2) is 6.19. The highest BCUT2D eigenvalue weighted by Gasteiger charge is 2.48. The summed E-state index contributed by atoms with van der Waals surface area (Å²) in [6.45, 7) is 12.6. The van der Waals surface area contributed by atoms with Crippen LogP contribution in [-0.4, -0.2) is 27.6 Å². The van der Waals surface area contributed by atoms with Crippen molar-refractivity contribution in [1.29, 1.82) is 0 Å². The van der Waals surface area contributed by atoms with Crippen molar-refractivity contribution in [3.8, 4) is 0 Å². The molecular weight excluding hydrogens is 324 g/mol. The summed E-state index contributed by atoms with van der Waals surface area (Å²) in [6.07, 6.45) is 1.11. The fourth-order valence-electron chi connectivity index (χ4n) is 3.61. The molecule has 0 spiro atoms. The average Bonchev–Trinajstić information content (AvgIpc) is 2.75. The molecule has 0 amide bonds. The standard InChI is InChI=1S/C18H28O3SSi/c1-14(2)17-12-16(13-18(17,3)21-23(4,5)6)22(19,20)15-10-8-7-9-11-15/h7-11,16H,12-13H2,1-6H3. The fraction of sp³-hybridized carbons (Fsp3) is 0.556. The van der Waals surface area contributed by atoms with Crippen LogP contribution in [0.15, 0.2) is 46.4 Å². The Morgan fingerprint density at radius 3 is 2.22 bits per heavy atom.